The first-order valence-corrected chi connectivity index (χ1v) is 9.59. The van der Waals surface area contributed by atoms with E-state index < -0.39 is 5.97 Å². The minimum absolute atomic E-state index is 0.129. The molecule has 1 aliphatic rings. The second-order valence-corrected chi connectivity index (χ2v) is 7.30. The van der Waals surface area contributed by atoms with Crippen molar-refractivity contribution in [2.45, 2.75) is 39.0 Å². The Hall–Kier alpha value is -2.41. The van der Waals surface area contributed by atoms with E-state index in [9.17, 15) is 9.59 Å². The van der Waals surface area contributed by atoms with Crippen LogP contribution in [0.15, 0.2) is 24.3 Å². The number of aromatic nitrogens is 3. The number of carboxylic acids is 1. The number of carboxylic acid groups (broad SMARTS) is 1. The van der Waals surface area contributed by atoms with Gasteiger partial charge in [0.15, 0.2) is 5.69 Å². The molecule has 0 aliphatic carbocycles. The van der Waals surface area contributed by atoms with E-state index in [2.05, 4.69) is 10.3 Å². The van der Waals surface area contributed by atoms with Crippen molar-refractivity contribution in [3.63, 3.8) is 0 Å². The second-order valence-electron chi connectivity index (χ2n) is 6.86. The third-order valence-electron chi connectivity index (χ3n) is 4.87. The van der Waals surface area contributed by atoms with Gasteiger partial charge in [-0.2, -0.15) is 0 Å². The van der Waals surface area contributed by atoms with E-state index in [4.69, 9.17) is 16.7 Å². The molecule has 1 aromatic carbocycles. The average molecular weight is 391 g/mol. The first kappa shape index (κ1) is 19.4. The normalized spacial score (nSPS) is 15.1. The maximum Gasteiger partial charge on any atom is 0.303 e. The lowest BCUT2D eigenvalue weighted by Gasteiger charge is -2.31. The highest BCUT2D eigenvalue weighted by Gasteiger charge is 2.29. The van der Waals surface area contributed by atoms with Gasteiger partial charge in [0.2, 0.25) is 0 Å². The Balaban J connectivity index is 1.80. The molecule has 0 atom stereocenters. The molecule has 7 nitrogen and oxygen atoms in total. The van der Waals surface area contributed by atoms with Gasteiger partial charge in [0.25, 0.3) is 5.91 Å². The van der Waals surface area contributed by atoms with Crippen molar-refractivity contribution in [2.24, 2.45) is 5.92 Å². The van der Waals surface area contributed by atoms with E-state index in [0.29, 0.717) is 43.1 Å². The fourth-order valence-electron chi connectivity index (χ4n) is 3.48. The van der Waals surface area contributed by atoms with Gasteiger partial charge in [-0.15, -0.1) is 5.10 Å². The zero-order valence-electron chi connectivity index (χ0n) is 15.3. The highest BCUT2D eigenvalue weighted by Crippen LogP contribution is 2.24. The van der Waals surface area contributed by atoms with Crippen LogP contribution in [0.2, 0.25) is 5.02 Å². The molecule has 0 unspecified atom stereocenters. The number of carbonyl (C=O) groups excluding carboxylic acids is 1. The number of benzene rings is 1. The highest BCUT2D eigenvalue weighted by molar-refractivity contribution is 6.30. The molecule has 1 fully saturated rings. The molecule has 1 aliphatic heterocycles. The largest absolute Gasteiger partial charge is 0.481 e. The van der Waals surface area contributed by atoms with Gasteiger partial charge in [-0.25, -0.2) is 4.68 Å². The fraction of sp³-hybridized carbons (Fsp3) is 0.474. The maximum absolute atomic E-state index is 13.0. The van der Waals surface area contributed by atoms with Crippen molar-refractivity contribution in [3.8, 4) is 5.69 Å². The monoisotopic (exact) mass is 390 g/mol. The SMILES string of the molecule is CCCc1c(C(=O)N2CCC(CC(=O)O)CC2)nnn1-c1cccc(Cl)c1. The van der Waals surface area contributed by atoms with E-state index in [1.54, 1.807) is 21.7 Å². The van der Waals surface area contributed by atoms with E-state index >= 15 is 0 Å². The molecule has 1 saturated heterocycles. The topological polar surface area (TPSA) is 88.3 Å². The maximum atomic E-state index is 13.0. The van der Waals surface area contributed by atoms with Gasteiger partial charge in [-0.05, 0) is 43.4 Å². The van der Waals surface area contributed by atoms with E-state index in [0.717, 1.165) is 17.8 Å². The van der Waals surface area contributed by atoms with Crippen LogP contribution in [0.25, 0.3) is 5.69 Å². The van der Waals surface area contributed by atoms with E-state index in [-0.39, 0.29) is 18.2 Å². The van der Waals surface area contributed by atoms with E-state index in [1.807, 2.05) is 19.1 Å². The summed E-state index contributed by atoms with van der Waals surface area (Å²) in [5.41, 5.74) is 1.92. The zero-order chi connectivity index (χ0) is 19.4. The summed E-state index contributed by atoms with van der Waals surface area (Å²) >= 11 is 6.09. The summed E-state index contributed by atoms with van der Waals surface area (Å²) in [5.74, 6) is -0.793. The molecule has 2 heterocycles. The van der Waals surface area contributed by atoms with Crippen LogP contribution in [0.5, 0.6) is 0 Å². The number of nitrogens with zero attached hydrogens (tertiary/aromatic N) is 4. The number of rotatable bonds is 6. The molecule has 3 rings (SSSR count). The minimum Gasteiger partial charge on any atom is -0.481 e. The first-order valence-electron chi connectivity index (χ1n) is 9.21. The summed E-state index contributed by atoms with van der Waals surface area (Å²) in [6.45, 7) is 3.14. The quantitative estimate of drug-likeness (QED) is 0.818. The van der Waals surface area contributed by atoms with Gasteiger partial charge in [0.05, 0.1) is 11.4 Å². The standard InChI is InChI=1S/C19H23ClN4O3/c1-2-4-16-18(21-22-24(16)15-6-3-5-14(20)12-15)19(27)23-9-7-13(8-10-23)11-17(25)26/h3,5-6,12-13H,2,4,7-11H2,1H3,(H,25,26). The zero-order valence-corrected chi connectivity index (χ0v) is 16.0. The van der Waals surface area contributed by atoms with Crippen LogP contribution in [-0.2, 0) is 11.2 Å². The van der Waals surface area contributed by atoms with Crippen LogP contribution in [0.1, 0.15) is 48.8 Å². The highest BCUT2D eigenvalue weighted by atomic mass is 35.5. The predicted molar refractivity (Wildman–Crippen MR) is 101 cm³/mol. The summed E-state index contributed by atoms with van der Waals surface area (Å²) in [4.78, 5) is 25.6. The van der Waals surface area contributed by atoms with Crippen molar-refractivity contribution >= 4 is 23.5 Å². The lowest BCUT2D eigenvalue weighted by atomic mass is 9.93. The number of halogens is 1. The van der Waals surface area contributed by atoms with Gasteiger partial charge in [0, 0.05) is 24.5 Å². The summed E-state index contributed by atoms with van der Waals surface area (Å²) in [7, 11) is 0. The molecule has 144 valence electrons. The molecule has 0 spiro atoms. The van der Waals surface area contributed by atoms with Crippen LogP contribution in [0, 0.1) is 5.92 Å². The molecule has 1 N–H and O–H groups in total. The van der Waals surface area contributed by atoms with Crippen LogP contribution in [-0.4, -0.2) is 50.0 Å². The second kappa shape index (κ2) is 8.52. The summed E-state index contributed by atoms with van der Waals surface area (Å²) in [6.07, 6.45) is 3.09. The van der Waals surface area contributed by atoms with Crippen molar-refractivity contribution in [1.29, 1.82) is 0 Å². The van der Waals surface area contributed by atoms with Crippen molar-refractivity contribution < 1.29 is 14.7 Å². The molecular formula is C19H23ClN4O3. The summed E-state index contributed by atoms with van der Waals surface area (Å²) in [6, 6.07) is 7.30. The molecule has 1 amide bonds. The molecule has 1 aromatic heterocycles. The lowest BCUT2D eigenvalue weighted by molar-refractivity contribution is -0.138. The van der Waals surface area contributed by atoms with Crippen molar-refractivity contribution in [1.82, 2.24) is 19.9 Å². The molecule has 0 saturated carbocycles. The van der Waals surface area contributed by atoms with Crippen LogP contribution in [0.4, 0.5) is 0 Å². The van der Waals surface area contributed by atoms with Crippen molar-refractivity contribution in [2.75, 3.05) is 13.1 Å². The molecule has 0 bridgehead atoms. The Morgan fingerprint density at radius 3 is 2.67 bits per heavy atom. The van der Waals surface area contributed by atoms with Crippen LogP contribution >= 0.6 is 11.6 Å². The Bertz CT molecular complexity index is 828. The average Bonchev–Trinajstić information content (AvgIpc) is 3.05. The van der Waals surface area contributed by atoms with Crippen LogP contribution < -0.4 is 0 Å². The minimum atomic E-state index is -0.783. The van der Waals surface area contributed by atoms with Gasteiger partial charge < -0.3 is 10.0 Å². The molecule has 2 aromatic rings. The number of aliphatic carboxylic acids is 1. The number of hydrogen-bond acceptors (Lipinski definition) is 4. The number of amides is 1. The molecular weight excluding hydrogens is 368 g/mol. The third-order valence-corrected chi connectivity index (χ3v) is 5.11. The van der Waals surface area contributed by atoms with Gasteiger partial charge in [-0.1, -0.05) is 36.2 Å². The lowest BCUT2D eigenvalue weighted by Crippen LogP contribution is -2.39. The summed E-state index contributed by atoms with van der Waals surface area (Å²) in [5, 5.41) is 17.9. The Morgan fingerprint density at radius 2 is 2.04 bits per heavy atom. The van der Waals surface area contributed by atoms with Gasteiger partial charge >= 0.3 is 5.97 Å². The Kier molecular flexibility index (Phi) is 6.11. The number of hydrogen-bond donors (Lipinski definition) is 1. The first-order chi connectivity index (χ1) is 13.0. The molecule has 27 heavy (non-hydrogen) atoms. The molecule has 8 heteroatoms. The Morgan fingerprint density at radius 1 is 1.30 bits per heavy atom. The van der Waals surface area contributed by atoms with E-state index in [1.165, 1.54) is 0 Å². The Labute approximate surface area is 162 Å². The number of likely N-dealkylation sites (tertiary alicyclic amines) is 1. The molecule has 0 radical (unpaired) electrons. The van der Waals surface area contributed by atoms with Gasteiger partial charge in [-0.3, -0.25) is 9.59 Å². The van der Waals surface area contributed by atoms with Crippen LogP contribution in [0.3, 0.4) is 0 Å². The van der Waals surface area contributed by atoms with Crippen molar-refractivity contribution in [3.05, 3.63) is 40.7 Å². The fourth-order valence-corrected chi connectivity index (χ4v) is 3.67. The smallest absolute Gasteiger partial charge is 0.303 e. The number of piperidine rings is 1. The number of carbonyl (C=O) groups is 2. The predicted octanol–water partition coefficient (Wildman–Crippen LogP) is 3.20. The van der Waals surface area contributed by atoms with Gasteiger partial charge in [0.1, 0.15) is 0 Å². The third kappa shape index (κ3) is 4.47. The summed E-state index contributed by atoms with van der Waals surface area (Å²) < 4.78 is 1.68.